The first-order chi connectivity index (χ1) is 10.3. The number of aryl methyl sites for hydroxylation is 1. The number of thioether (sulfide) groups is 1. The molecule has 0 saturated carbocycles. The van der Waals surface area contributed by atoms with Gasteiger partial charge in [-0.25, -0.2) is 9.37 Å². The van der Waals surface area contributed by atoms with Crippen LogP contribution < -0.4 is 5.32 Å². The van der Waals surface area contributed by atoms with Crippen molar-refractivity contribution < 1.29 is 9.18 Å². The lowest BCUT2D eigenvalue weighted by molar-refractivity contribution is -0.113. The molecular formula is C16H19FN2OS2. The SMILES string of the molecule is Cc1cc(F)ccc1NC(=O)CSc1nc(C(C)(C)C)cs1. The molecule has 0 aliphatic carbocycles. The molecule has 3 nitrogen and oxygen atoms in total. The fraction of sp³-hybridized carbons (Fsp3) is 0.375. The lowest BCUT2D eigenvalue weighted by atomic mass is 9.93. The molecule has 0 bridgehead atoms. The van der Waals surface area contributed by atoms with E-state index in [0.29, 0.717) is 11.3 Å². The average molecular weight is 338 g/mol. The van der Waals surface area contributed by atoms with Crippen molar-refractivity contribution in [2.75, 3.05) is 11.1 Å². The van der Waals surface area contributed by atoms with Crippen molar-refractivity contribution in [1.82, 2.24) is 4.98 Å². The van der Waals surface area contributed by atoms with Gasteiger partial charge in [-0.3, -0.25) is 4.79 Å². The molecule has 1 heterocycles. The number of hydrogen-bond donors (Lipinski definition) is 1. The summed E-state index contributed by atoms with van der Waals surface area (Å²) in [7, 11) is 0. The number of amides is 1. The Morgan fingerprint density at radius 1 is 1.41 bits per heavy atom. The molecule has 0 fully saturated rings. The van der Waals surface area contributed by atoms with E-state index in [1.54, 1.807) is 24.3 Å². The molecule has 1 aromatic heterocycles. The Labute approximate surface area is 138 Å². The quantitative estimate of drug-likeness (QED) is 0.827. The van der Waals surface area contributed by atoms with Gasteiger partial charge in [0, 0.05) is 16.5 Å². The second-order valence-electron chi connectivity index (χ2n) is 6.04. The van der Waals surface area contributed by atoms with Crippen molar-refractivity contribution in [3.63, 3.8) is 0 Å². The maximum Gasteiger partial charge on any atom is 0.234 e. The zero-order chi connectivity index (χ0) is 16.3. The van der Waals surface area contributed by atoms with E-state index in [1.165, 1.54) is 23.9 Å². The number of halogens is 1. The number of aromatic nitrogens is 1. The first-order valence-corrected chi connectivity index (χ1v) is 8.77. The highest BCUT2D eigenvalue weighted by atomic mass is 32.2. The van der Waals surface area contributed by atoms with Crippen LogP contribution >= 0.6 is 23.1 Å². The predicted octanol–water partition coefficient (Wildman–Crippen LogP) is 4.62. The second kappa shape index (κ2) is 6.79. The van der Waals surface area contributed by atoms with Crippen molar-refractivity contribution in [3.05, 3.63) is 40.7 Å². The van der Waals surface area contributed by atoms with E-state index in [-0.39, 0.29) is 22.9 Å². The van der Waals surface area contributed by atoms with Gasteiger partial charge in [0.1, 0.15) is 5.82 Å². The van der Waals surface area contributed by atoms with Crippen molar-refractivity contribution in [1.29, 1.82) is 0 Å². The minimum atomic E-state index is -0.303. The molecule has 1 amide bonds. The number of carbonyl (C=O) groups excluding carboxylic acids is 1. The van der Waals surface area contributed by atoms with Gasteiger partial charge in [-0.15, -0.1) is 11.3 Å². The van der Waals surface area contributed by atoms with Crippen molar-refractivity contribution in [2.24, 2.45) is 0 Å². The van der Waals surface area contributed by atoms with E-state index in [0.717, 1.165) is 10.0 Å². The standard InChI is InChI=1S/C16H19FN2OS2/c1-10-7-11(17)5-6-12(10)18-14(20)9-22-15-19-13(8-21-15)16(2,3)4/h5-8H,9H2,1-4H3,(H,18,20). The number of thiazole rings is 1. The largest absolute Gasteiger partial charge is 0.325 e. The summed E-state index contributed by atoms with van der Waals surface area (Å²) >= 11 is 2.97. The molecule has 1 N–H and O–H groups in total. The molecule has 0 aliphatic rings. The molecule has 0 spiro atoms. The third kappa shape index (κ3) is 4.55. The fourth-order valence-corrected chi connectivity index (χ4v) is 3.60. The van der Waals surface area contributed by atoms with Crippen LogP contribution in [0.5, 0.6) is 0 Å². The summed E-state index contributed by atoms with van der Waals surface area (Å²) in [5.41, 5.74) is 2.40. The Morgan fingerprint density at radius 3 is 2.73 bits per heavy atom. The summed E-state index contributed by atoms with van der Waals surface area (Å²) in [4.78, 5) is 16.5. The Bertz CT molecular complexity index is 677. The zero-order valence-electron chi connectivity index (χ0n) is 13.1. The van der Waals surface area contributed by atoms with Crippen LogP contribution in [0.3, 0.4) is 0 Å². The number of rotatable bonds is 4. The van der Waals surface area contributed by atoms with Gasteiger partial charge < -0.3 is 5.32 Å². The molecule has 0 saturated heterocycles. The second-order valence-corrected chi connectivity index (χ2v) is 8.13. The zero-order valence-corrected chi connectivity index (χ0v) is 14.7. The van der Waals surface area contributed by atoms with Crippen molar-refractivity contribution in [3.8, 4) is 0 Å². The van der Waals surface area contributed by atoms with Crippen LogP contribution in [0.25, 0.3) is 0 Å². The van der Waals surface area contributed by atoms with Crippen LogP contribution in [-0.2, 0) is 10.2 Å². The monoisotopic (exact) mass is 338 g/mol. The minimum Gasteiger partial charge on any atom is -0.325 e. The van der Waals surface area contributed by atoms with E-state index >= 15 is 0 Å². The van der Waals surface area contributed by atoms with E-state index < -0.39 is 0 Å². The summed E-state index contributed by atoms with van der Waals surface area (Å²) < 4.78 is 13.9. The highest BCUT2D eigenvalue weighted by Crippen LogP contribution is 2.29. The normalized spacial score (nSPS) is 11.5. The van der Waals surface area contributed by atoms with E-state index in [4.69, 9.17) is 0 Å². The minimum absolute atomic E-state index is 0.0167. The first-order valence-electron chi connectivity index (χ1n) is 6.90. The molecule has 0 radical (unpaired) electrons. The molecular weight excluding hydrogens is 319 g/mol. The third-order valence-electron chi connectivity index (χ3n) is 3.04. The molecule has 1 aromatic carbocycles. The number of nitrogens with one attached hydrogen (secondary N) is 1. The highest BCUT2D eigenvalue weighted by molar-refractivity contribution is 8.01. The summed E-state index contributed by atoms with van der Waals surface area (Å²) in [5, 5.41) is 4.83. The predicted molar refractivity (Wildman–Crippen MR) is 91.3 cm³/mol. The molecule has 2 rings (SSSR count). The van der Waals surface area contributed by atoms with Gasteiger partial charge in [0.25, 0.3) is 0 Å². The first kappa shape index (κ1) is 17.0. The van der Waals surface area contributed by atoms with Gasteiger partial charge >= 0.3 is 0 Å². The third-order valence-corrected chi connectivity index (χ3v) is 5.06. The van der Waals surface area contributed by atoms with Crippen LogP contribution in [0.4, 0.5) is 10.1 Å². The summed E-state index contributed by atoms with van der Waals surface area (Å²) in [6, 6.07) is 4.32. The molecule has 118 valence electrons. The summed E-state index contributed by atoms with van der Waals surface area (Å²) in [5.74, 6) is -0.136. The van der Waals surface area contributed by atoms with Gasteiger partial charge in [0.15, 0.2) is 4.34 Å². The molecule has 22 heavy (non-hydrogen) atoms. The molecule has 0 aliphatic heterocycles. The Morgan fingerprint density at radius 2 is 2.14 bits per heavy atom. The van der Waals surface area contributed by atoms with Crippen molar-refractivity contribution in [2.45, 2.75) is 37.4 Å². The number of anilines is 1. The number of benzene rings is 1. The summed E-state index contributed by atoms with van der Waals surface area (Å²) in [6.07, 6.45) is 0. The smallest absolute Gasteiger partial charge is 0.234 e. The van der Waals surface area contributed by atoms with Gasteiger partial charge in [0.2, 0.25) is 5.91 Å². The molecule has 0 unspecified atom stereocenters. The van der Waals surface area contributed by atoms with Gasteiger partial charge in [-0.2, -0.15) is 0 Å². The number of carbonyl (C=O) groups is 1. The van der Waals surface area contributed by atoms with Crippen LogP contribution in [0.2, 0.25) is 0 Å². The topological polar surface area (TPSA) is 42.0 Å². The Balaban J connectivity index is 1.91. The van der Waals surface area contributed by atoms with Gasteiger partial charge in [0.05, 0.1) is 11.4 Å². The van der Waals surface area contributed by atoms with Gasteiger partial charge in [-0.1, -0.05) is 32.5 Å². The van der Waals surface area contributed by atoms with Crippen LogP contribution in [0.1, 0.15) is 32.0 Å². The maximum absolute atomic E-state index is 13.0. The summed E-state index contributed by atoms with van der Waals surface area (Å²) in [6.45, 7) is 8.10. The van der Waals surface area contributed by atoms with Crippen LogP contribution in [-0.4, -0.2) is 16.6 Å². The molecule has 2 aromatic rings. The van der Waals surface area contributed by atoms with Crippen LogP contribution in [0.15, 0.2) is 27.9 Å². The van der Waals surface area contributed by atoms with Gasteiger partial charge in [-0.05, 0) is 30.7 Å². The fourth-order valence-electron chi connectivity index (χ4n) is 1.75. The maximum atomic E-state index is 13.0. The number of nitrogens with zero attached hydrogens (tertiary/aromatic N) is 1. The molecule has 0 atom stereocenters. The van der Waals surface area contributed by atoms with E-state index in [1.807, 2.05) is 5.38 Å². The average Bonchev–Trinajstić information content (AvgIpc) is 2.88. The van der Waals surface area contributed by atoms with Crippen molar-refractivity contribution >= 4 is 34.7 Å². The highest BCUT2D eigenvalue weighted by Gasteiger charge is 2.18. The lowest BCUT2D eigenvalue weighted by Crippen LogP contribution is -2.15. The lowest BCUT2D eigenvalue weighted by Gasteiger charge is -2.14. The molecule has 6 heteroatoms. The number of hydrogen-bond acceptors (Lipinski definition) is 4. The van der Waals surface area contributed by atoms with E-state index in [2.05, 4.69) is 31.1 Å². The van der Waals surface area contributed by atoms with E-state index in [9.17, 15) is 9.18 Å². The van der Waals surface area contributed by atoms with Crippen LogP contribution in [0, 0.1) is 12.7 Å². The Hall–Kier alpha value is -1.40. The Kier molecular flexibility index (Phi) is 5.24.